The summed E-state index contributed by atoms with van der Waals surface area (Å²) in [5, 5.41) is 10.7. The van der Waals surface area contributed by atoms with Crippen LogP contribution in [0.2, 0.25) is 0 Å². The fourth-order valence-corrected chi connectivity index (χ4v) is 3.62. The largest absolute Gasteiger partial charge is 0.485 e. The van der Waals surface area contributed by atoms with Crippen LogP contribution in [0.15, 0.2) is 42.5 Å². The molecule has 3 rings (SSSR count). The molecule has 1 aliphatic carbocycles. The number of ether oxygens (including phenoxy) is 1. The fraction of sp³-hybridized carbons (Fsp3) is 0.400. The summed E-state index contributed by atoms with van der Waals surface area (Å²) in [5.74, 6) is -1.54. The summed E-state index contributed by atoms with van der Waals surface area (Å²) in [5.41, 5.74) is 8.56. The Hall–Kier alpha value is -2.02. The number of benzene rings is 2. The lowest BCUT2D eigenvalue weighted by Gasteiger charge is -2.31. The monoisotopic (exact) mass is 362 g/mol. The van der Waals surface area contributed by atoms with Crippen molar-refractivity contribution in [1.29, 1.82) is 0 Å². The number of aliphatic hydroxyl groups excluding tert-OH is 1. The van der Waals surface area contributed by atoms with E-state index in [4.69, 9.17) is 10.5 Å². The Bertz CT molecular complexity index is 771. The lowest BCUT2D eigenvalue weighted by atomic mass is 10.1. The molecule has 0 aromatic heterocycles. The number of aryl methyl sites for hydroxylation is 1. The van der Waals surface area contributed by atoms with Crippen LogP contribution in [0.5, 0.6) is 5.75 Å². The van der Waals surface area contributed by atoms with E-state index in [1.807, 2.05) is 43.1 Å². The number of hydrogen-bond acceptors (Lipinski definition) is 4. The van der Waals surface area contributed by atoms with Gasteiger partial charge >= 0.3 is 0 Å². The molecule has 1 aliphatic rings. The molecule has 0 amide bonds. The SMILES string of the molecule is Cc1ccccc1CN(C)[C@@H]1[C@@H](O)[C@H](Oc2ccc(F)cc2F)C[C@H]1N. The molecule has 4 nitrogen and oxygen atoms in total. The normalized spacial score (nSPS) is 25.7. The highest BCUT2D eigenvalue weighted by Gasteiger charge is 2.44. The Balaban J connectivity index is 1.70. The number of aliphatic hydroxyl groups is 1. The molecule has 2 aromatic carbocycles. The minimum atomic E-state index is -0.872. The summed E-state index contributed by atoms with van der Waals surface area (Å²) in [6, 6.07) is 10.5. The topological polar surface area (TPSA) is 58.7 Å². The van der Waals surface area contributed by atoms with Gasteiger partial charge in [0, 0.05) is 25.1 Å². The zero-order valence-corrected chi connectivity index (χ0v) is 14.9. The summed E-state index contributed by atoms with van der Waals surface area (Å²) in [6.07, 6.45) is -1.13. The zero-order chi connectivity index (χ0) is 18.8. The lowest BCUT2D eigenvalue weighted by Crippen LogP contribution is -2.49. The van der Waals surface area contributed by atoms with E-state index in [0.717, 1.165) is 17.7 Å². The summed E-state index contributed by atoms with van der Waals surface area (Å²) in [4.78, 5) is 2.00. The van der Waals surface area contributed by atoms with E-state index in [-0.39, 0.29) is 17.8 Å². The van der Waals surface area contributed by atoms with Crippen molar-refractivity contribution in [2.24, 2.45) is 5.73 Å². The van der Waals surface area contributed by atoms with Crippen LogP contribution in [0.3, 0.4) is 0 Å². The number of nitrogens with zero attached hydrogens (tertiary/aromatic N) is 1. The van der Waals surface area contributed by atoms with Gasteiger partial charge in [-0.3, -0.25) is 4.90 Å². The predicted molar refractivity (Wildman–Crippen MR) is 95.8 cm³/mol. The van der Waals surface area contributed by atoms with Gasteiger partial charge in [0.1, 0.15) is 18.0 Å². The first-order chi connectivity index (χ1) is 12.4. The highest BCUT2D eigenvalue weighted by molar-refractivity contribution is 5.27. The standard InChI is InChI=1S/C20H24F2N2O2/c1-12-5-3-4-6-13(12)11-24(2)19-16(23)10-18(20(19)25)26-17-8-7-14(21)9-15(17)22/h3-9,16,18-20,25H,10-11,23H2,1-2H3/t16-,18-,19+,20+/m1/s1. The van der Waals surface area contributed by atoms with Crippen molar-refractivity contribution in [3.63, 3.8) is 0 Å². The first kappa shape index (κ1) is 18.8. The van der Waals surface area contributed by atoms with E-state index in [1.54, 1.807) is 0 Å². The van der Waals surface area contributed by atoms with Gasteiger partial charge in [0.15, 0.2) is 11.6 Å². The van der Waals surface area contributed by atoms with Crippen LogP contribution in [0.1, 0.15) is 17.5 Å². The molecule has 26 heavy (non-hydrogen) atoms. The molecule has 0 saturated heterocycles. The van der Waals surface area contributed by atoms with Crippen LogP contribution < -0.4 is 10.5 Å². The van der Waals surface area contributed by atoms with Gasteiger partial charge in [-0.1, -0.05) is 24.3 Å². The van der Waals surface area contributed by atoms with E-state index in [1.165, 1.54) is 11.6 Å². The van der Waals surface area contributed by atoms with Crippen molar-refractivity contribution in [2.75, 3.05) is 7.05 Å². The molecule has 1 saturated carbocycles. The molecule has 1 fully saturated rings. The number of halogens is 2. The van der Waals surface area contributed by atoms with Gasteiger partial charge in [-0.05, 0) is 37.2 Å². The van der Waals surface area contributed by atoms with Crippen molar-refractivity contribution in [3.8, 4) is 5.75 Å². The molecular weight excluding hydrogens is 338 g/mol. The predicted octanol–water partition coefficient (Wildman–Crippen LogP) is 2.61. The summed E-state index contributed by atoms with van der Waals surface area (Å²) in [6.45, 7) is 2.68. The molecule has 0 bridgehead atoms. The van der Waals surface area contributed by atoms with E-state index in [9.17, 15) is 13.9 Å². The van der Waals surface area contributed by atoms with Gasteiger partial charge in [0.2, 0.25) is 0 Å². The van der Waals surface area contributed by atoms with Crippen LogP contribution in [-0.4, -0.2) is 41.3 Å². The Kier molecular flexibility index (Phi) is 5.55. The maximum Gasteiger partial charge on any atom is 0.167 e. The van der Waals surface area contributed by atoms with E-state index >= 15 is 0 Å². The molecule has 0 heterocycles. The van der Waals surface area contributed by atoms with Crippen molar-refractivity contribution in [2.45, 2.75) is 44.2 Å². The third-order valence-electron chi connectivity index (χ3n) is 5.04. The van der Waals surface area contributed by atoms with E-state index in [2.05, 4.69) is 0 Å². The van der Waals surface area contributed by atoms with Crippen molar-refractivity contribution >= 4 is 0 Å². The van der Waals surface area contributed by atoms with E-state index in [0.29, 0.717) is 13.0 Å². The van der Waals surface area contributed by atoms with Crippen LogP contribution >= 0.6 is 0 Å². The first-order valence-electron chi connectivity index (χ1n) is 8.67. The van der Waals surface area contributed by atoms with Gasteiger partial charge in [-0.2, -0.15) is 0 Å². The van der Waals surface area contributed by atoms with Gasteiger partial charge in [0.05, 0.1) is 6.04 Å². The number of nitrogens with two attached hydrogens (primary N) is 1. The Morgan fingerprint density at radius 1 is 1.23 bits per heavy atom. The summed E-state index contributed by atoms with van der Waals surface area (Å²) in [7, 11) is 1.90. The molecule has 6 heteroatoms. The van der Waals surface area contributed by atoms with Gasteiger partial charge in [-0.25, -0.2) is 8.78 Å². The third kappa shape index (κ3) is 3.87. The van der Waals surface area contributed by atoms with E-state index < -0.39 is 23.8 Å². The first-order valence-corrected chi connectivity index (χ1v) is 8.67. The number of likely N-dealkylation sites (N-methyl/N-ethyl adjacent to an activating group) is 1. The van der Waals surface area contributed by atoms with Crippen molar-refractivity contribution in [1.82, 2.24) is 4.90 Å². The number of hydrogen-bond donors (Lipinski definition) is 2. The maximum absolute atomic E-state index is 13.8. The zero-order valence-electron chi connectivity index (χ0n) is 14.9. The Morgan fingerprint density at radius 2 is 1.96 bits per heavy atom. The second kappa shape index (κ2) is 7.70. The average Bonchev–Trinajstić information content (AvgIpc) is 2.86. The van der Waals surface area contributed by atoms with Crippen molar-refractivity contribution < 1.29 is 18.6 Å². The molecule has 0 spiro atoms. The fourth-order valence-electron chi connectivity index (χ4n) is 3.62. The van der Waals surface area contributed by atoms with Crippen LogP contribution in [0, 0.1) is 18.6 Å². The van der Waals surface area contributed by atoms with Gasteiger partial charge < -0.3 is 15.6 Å². The smallest absolute Gasteiger partial charge is 0.167 e. The molecule has 0 unspecified atom stereocenters. The molecular formula is C20H24F2N2O2. The Morgan fingerprint density at radius 3 is 2.65 bits per heavy atom. The second-order valence-corrected chi connectivity index (χ2v) is 6.95. The average molecular weight is 362 g/mol. The van der Waals surface area contributed by atoms with Crippen molar-refractivity contribution in [3.05, 3.63) is 65.2 Å². The van der Waals surface area contributed by atoms with Crippen LogP contribution in [-0.2, 0) is 6.54 Å². The highest BCUT2D eigenvalue weighted by atomic mass is 19.1. The molecule has 3 N–H and O–H groups in total. The molecule has 4 atom stereocenters. The molecule has 0 aliphatic heterocycles. The maximum atomic E-state index is 13.8. The lowest BCUT2D eigenvalue weighted by molar-refractivity contribution is 0.0123. The summed E-state index contributed by atoms with van der Waals surface area (Å²) >= 11 is 0. The molecule has 2 aromatic rings. The minimum Gasteiger partial charge on any atom is -0.485 e. The quantitative estimate of drug-likeness (QED) is 0.859. The van der Waals surface area contributed by atoms with Crippen LogP contribution in [0.4, 0.5) is 8.78 Å². The summed E-state index contributed by atoms with van der Waals surface area (Å²) < 4.78 is 32.5. The van der Waals surface area contributed by atoms with Gasteiger partial charge in [-0.15, -0.1) is 0 Å². The molecule has 0 radical (unpaired) electrons. The Labute approximate surface area is 152 Å². The number of rotatable bonds is 5. The molecule has 140 valence electrons. The third-order valence-corrected chi connectivity index (χ3v) is 5.04. The second-order valence-electron chi connectivity index (χ2n) is 6.95. The highest BCUT2D eigenvalue weighted by Crippen LogP contribution is 2.30. The minimum absolute atomic E-state index is 0.0788. The van der Waals surface area contributed by atoms with Crippen LogP contribution in [0.25, 0.3) is 0 Å². The van der Waals surface area contributed by atoms with Gasteiger partial charge in [0.25, 0.3) is 0 Å².